The number of hydrogen-bond donors (Lipinski definition) is 1. The van der Waals surface area contributed by atoms with Gasteiger partial charge in [0.15, 0.2) is 0 Å². The summed E-state index contributed by atoms with van der Waals surface area (Å²) in [5.74, 6) is 0.223. The third-order valence-corrected chi connectivity index (χ3v) is 4.41. The summed E-state index contributed by atoms with van der Waals surface area (Å²) in [6, 6.07) is 5.44. The average Bonchev–Trinajstić information content (AvgIpc) is 2.46. The fourth-order valence-electron chi connectivity index (χ4n) is 1.81. The molecule has 0 radical (unpaired) electrons. The number of nitrogen functional groups attached to an aromatic ring is 1. The van der Waals surface area contributed by atoms with E-state index < -0.39 is 10.0 Å². The highest BCUT2D eigenvalue weighted by atomic mass is 32.2. The van der Waals surface area contributed by atoms with E-state index in [0.29, 0.717) is 24.3 Å². The molecule has 2 rings (SSSR count). The average molecular weight is 226 g/mol. The van der Waals surface area contributed by atoms with Gasteiger partial charge in [-0.25, -0.2) is 8.42 Å². The van der Waals surface area contributed by atoms with Gasteiger partial charge >= 0.3 is 0 Å². The molecule has 2 N–H and O–H groups in total. The van der Waals surface area contributed by atoms with Gasteiger partial charge in [-0.15, -0.1) is 0 Å². The first-order chi connectivity index (χ1) is 7.00. The molecule has 0 aliphatic carbocycles. The second-order valence-corrected chi connectivity index (χ2v) is 5.82. The number of nitrogens with two attached hydrogens (primary N) is 1. The molecule has 82 valence electrons. The second-order valence-electron chi connectivity index (χ2n) is 3.80. The zero-order valence-electron chi connectivity index (χ0n) is 8.60. The van der Waals surface area contributed by atoms with Crippen LogP contribution in [-0.4, -0.2) is 20.7 Å². The molecule has 0 saturated carbocycles. The lowest BCUT2D eigenvalue weighted by molar-refractivity contribution is 0.599. The molecular formula is C10H14N2O2S. The predicted octanol–water partition coefficient (Wildman–Crippen LogP) is 1.12. The molecule has 1 saturated heterocycles. The highest BCUT2D eigenvalue weighted by molar-refractivity contribution is 7.93. The minimum Gasteiger partial charge on any atom is -0.397 e. The van der Waals surface area contributed by atoms with Crippen LogP contribution in [0.5, 0.6) is 0 Å². The Balaban J connectivity index is 2.46. The maximum atomic E-state index is 11.7. The van der Waals surface area contributed by atoms with Gasteiger partial charge in [-0.3, -0.25) is 4.31 Å². The van der Waals surface area contributed by atoms with E-state index in [1.807, 2.05) is 13.0 Å². The van der Waals surface area contributed by atoms with Gasteiger partial charge in [-0.1, -0.05) is 6.07 Å². The van der Waals surface area contributed by atoms with Crippen molar-refractivity contribution in [3.05, 3.63) is 23.8 Å². The van der Waals surface area contributed by atoms with Gasteiger partial charge in [0.2, 0.25) is 10.0 Å². The molecule has 0 spiro atoms. The first-order valence-electron chi connectivity index (χ1n) is 4.87. The third-order valence-electron chi connectivity index (χ3n) is 2.55. The Labute approximate surface area is 89.7 Å². The molecule has 0 amide bonds. The van der Waals surface area contributed by atoms with E-state index in [2.05, 4.69) is 0 Å². The molecule has 5 heteroatoms. The van der Waals surface area contributed by atoms with Crippen molar-refractivity contribution in [1.82, 2.24) is 0 Å². The van der Waals surface area contributed by atoms with E-state index in [0.717, 1.165) is 5.56 Å². The van der Waals surface area contributed by atoms with Gasteiger partial charge in [-0.2, -0.15) is 0 Å². The van der Waals surface area contributed by atoms with Crippen molar-refractivity contribution < 1.29 is 8.42 Å². The van der Waals surface area contributed by atoms with Gasteiger partial charge in [0.1, 0.15) is 0 Å². The van der Waals surface area contributed by atoms with Crippen LogP contribution in [0, 0.1) is 6.92 Å². The second kappa shape index (κ2) is 3.41. The maximum Gasteiger partial charge on any atom is 0.235 e. The Morgan fingerprint density at radius 2 is 2.13 bits per heavy atom. The topological polar surface area (TPSA) is 63.4 Å². The SMILES string of the molecule is Cc1ccc(N2CCCS2(=O)=O)c(N)c1. The Morgan fingerprint density at radius 3 is 2.67 bits per heavy atom. The number of hydrogen-bond acceptors (Lipinski definition) is 3. The van der Waals surface area contributed by atoms with Crippen LogP contribution < -0.4 is 10.0 Å². The molecule has 0 unspecified atom stereocenters. The monoisotopic (exact) mass is 226 g/mol. The molecular weight excluding hydrogens is 212 g/mol. The molecule has 1 aliphatic rings. The van der Waals surface area contributed by atoms with Gasteiger partial charge < -0.3 is 5.73 Å². The lowest BCUT2D eigenvalue weighted by Gasteiger charge is -2.18. The summed E-state index contributed by atoms with van der Waals surface area (Å²) in [4.78, 5) is 0. The van der Waals surface area contributed by atoms with Crippen LogP contribution >= 0.6 is 0 Å². The highest BCUT2D eigenvalue weighted by Crippen LogP contribution is 2.29. The van der Waals surface area contributed by atoms with Crippen molar-refractivity contribution in [1.29, 1.82) is 0 Å². The first-order valence-corrected chi connectivity index (χ1v) is 6.48. The fraction of sp³-hybridized carbons (Fsp3) is 0.400. The van der Waals surface area contributed by atoms with Crippen LogP contribution in [0.1, 0.15) is 12.0 Å². The van der Waals surface area contributed by atoms with Gasteiger partial charge in [-0.05, 0) is 31.0 Å². The van der Waals surface area contributed by atoms with E-state index in [9.17, 15) is 8.42 Å². The van der Waals surface area contributed by atoms with Crippen molar-refractivity contribution in [2.24, 2.45) is 0 Å². The van der Waals surface area contributed by atoms with E-state index >= 15 is 0 Å². The molecule has 1 heterocycles. The van der Waals surface area contributed by atoms with Crippen LogP contribution in [0.25, 0.3) is 0 Å². The number of aryl methyl sites for hydroxylation is 1. The minimum atomic E-state index is -3.12. The Kier molecular flexibility index (Phi) is 2.34. The minimum absolute atomic E-state index is 0.223. The standard InChI is InChI=1S/C10H14N2O2S/c1-8-3-4-10(9(11)7-8)12-5-2-6-15(12,13)14/h3-4,7H,2,5-6,11H2,1H3. The smallest absolute Gasteiger partial charge is 0.235 e. The van der Waals surface area contributed by atoms with Gasteiger partial charge in [0, 0.05) is 6.54 Å². The zero-order valence-corrected chi connectivity index (χ0v) is 9.42. The predicted molar refractivity (Wildman–Crippen MR) is 61.3 cm³/mol. The molecule has 0 aromatic heterocycles. The van der Waals surface area contributed by atoms with Gasteiger partial charge in [0.25, 0.3) is 0 Å². The Morgan fingerprint density at radius 1 is 1.40 bits per heavy atom. The summed E-state index contributed by atoms with van der Waals surface area (Å²) in [6.07, 6.45) is 0.676. The van der Waals surface area contributed by atoms with Gasteiger partial charge in [0.05, 0.1) is 17.1 Å². The van der Waals surface area contributed by atoms with Crippen LogP contribution in [0.15, 0.2) is 18.2 Å². The van der Waals surface area contributed by atoms with Crippen molar-refractivity contribution in [2.75, 3.05) is 22.3 Å². The van der Waals surface area contributed by atoms with E-state index in [4.69, 9.17) is 5.73 Å². The molecule has 0 atom stereocenters. The summed E-state index contributed by atoms with van der Waals surface area (Å²) >= 11 is 0. The van der Waals surface area contributed by atoms with E-state index in [-0.39, 0.29) is 5.75 Å². The van der Waals surface area contributed by atoms with Crippen molar-refractivity contribution in [3.63, 3.8) is 0 Å². The summed E-state index contributed by atoms with van der Waals surface area (Å²) in [6.45, 7) is 2.47. The number of anilines is 2. The zero-order chi connectivity index (χ0) is 11.1. The number of rotatable bonds is 1. The van der Waals surface area contributed by atoms with E-state index in [1.165, 1.54) is 4.31 Å². The maximum absolute atomic E-state index is 11.7. The van der Waals surface area contributed by atoms with Crippen LogP contribution in [0.3, 0.4) is 0 Å². The normalized spacial score (nSPS) is 19.4. The number of benzene rings is 1. The lowest BCUT2D eigenvalue weighted by atomic mass is 10.2. The Hall–Kier alpha value is -1.23. The molecule has 1 aliphatic heterocycles. The Bertz CT molecular complexity index is 482. The third kappa shape index (κ3) is 1.79. The molecule has 4 nitrogen and oxygen atoms in total. The first kappa shape index (κ1) is 10.3. The number of nitrogens with zero attached hydrogens (tertiary/aromatic N) is 1. The summed E-state index contributed by atoms with van der Waals surface area (Å²) in [7, 11) is -3.12. The molecule has 1 aromatic rings. The summed E-state index contributed by atoms with van der Waals surface area (Å²) in [5, 5.41) is 0. The van der Waals surface area contributed by atoms with Crippen LogP contribution in [0.2, 0.25) is 0 Å². The quantitative estimate of drug-likeness (QED) is 0.730. The molecule has 1 fully saturated rings. The summed E-state index contributed by atoms with van der Waals surface area (Å²) in [5.41, 5.74) is 7.99. The molecule has 15 heavy (non-hydrogen) atoms. The van der Waals surface area contributed by atoms with Crippen molar-refractivity contribution >= 4 is 21.4 Å². The highest BCUT2D eigenvalue weighted by Gasteiger charge is 2.29. The fourth-order valence-corrected chi connectivity index (χ4v) is 3.40. The van der Waals surface area contributed by atoms with Crippen LogP contribution in [-0.2, 0) is 10.0 Å². The molecule has 1 aromatic carbocycles. The lowest BCUT2D eigenvalue weighted by Crippen LogP contribution is -2.25. The number of sulfonamides is 1. The van der Waals surface area contributed by atoms with E-state index in [1.54, 1.807) is 12.1 Å². The largest absolute Gasteiger partial charge is 0.397 e. The molecule has 0 bridgehead atoms. The van der Waals surface area contributed by atoms with Crippen molar-refractivity contribution in [2.45, 2.75) is 13.3 Å². The van der Waals surface area contributed by atoms with Crippen LogP contribution in [0.4, 0.5) is 11.4 Å². The summed E-state index contributed by atoms with van der Waals surface area (Å²) < 4.78 is 24.7. The van der Waals surface area contributed by atoms with Crippen molar-refractivity contribution in [3.8, 4) is 0 Å².